The molecule has 114 valence electrons. The van der Waals surface area contributed by atoms with Crippen molar-refractivity contribution in [3.05, 3.63) is 31.6 Å². The third-order valence-corrected chi connectivity index (χ3v) is 4.46. The van der Waals surface area contributed by atoms with Gasteiger partial charge in [0.05, 0.1) is 8.49 Å². The molecule has 8 heteroatoms. The summed E-state index contributed by atoms with van der Waals surface area (Å²) in [5, 5.41) is 19.9. The highest BCUT2D eigenvalue weighted by atomic mass is 127. The van der Waals surface area contributed by atoms with E-state index < -0.39 is 16.7 Å². The molecule has 0 saturated carbocycles. The summed E-state index contributed by atoms with van der Waals surface area (Å²) in [5.74, 6) is -1.24. The van der Waals surface area contributed by atoms with Crippen LogP contribution in [0.15, 0.2) is 12.1 Å². The van der Waals surface area contributed by atoms with Crippen LogP contribution in [-0.4, -0.2) is 29.1 Å². The average Bonchev–Trinajstić information content (AvgIpc) is 2.41. The Kier molecular flexibility index (Phi) is 4.96. The van der Waals surface area contributed by atoms with Gasteiger partial charge < -0.3 is 10.0 Å². The summed E-state index contributed by atoms with van der Waals surface area (Å²) >= 11 is 1.72. The zero-order valence-electron chi connectivity index (χ0n) is 11.1. The van der Waals surface area contributed by atoms with Crippen molar-refractivity contribution in [3.63, 3.8) is 0 Å². The van der Waals surface area contributed by atoms with Gasteiger partial charge in [0.15, 0.2) is 0 Å². The number of nitrogens with zero attached hydrogens (tertiary/aromatic N) is 2. The fraction of sp³-hybridized carbons (Fsp3) is 0.462. The molecule has 21 heavy (non-hydrogen) atoms. The number of anilines is 1. The van der Waals surface area contributed by atoms with Crippen LogP contribution < -0.4 is 4.90 Å². The van der Waals surface area contributed by atoms with E-state index in [0.29, 0.717) is 25.9 Å². The molecule has 0 bridgehead atoms. The number of benzene rings is 1. The minimum atomic E-state index is -0.834. The number of piperidine rings is 1. The number of hydrogen-bond acceptors (Lipinski definition) is 4. The van der Waals surface area contributed by atoms with Crippen molar-refractivity contribution < 1.29 is 19.2 Å². The van der Waals surface area contributed by atoms with Gasteiger partial charge in [-0.05, 0) is 41.4 Å². The lowest BCUT2D eigenvalue weighted by Crippen LogP contribution is -2.34. The molecule has 1 N–H and O–H groups in total. The Bertz CT molecular complexity index is 574. The van der Waals surface area contributed by atoms with E-state index in [0.717, 1.165) is 0 Å². The van der Waals surface area contributed by atoms with Gasteiger partial charge in [-0.2, -0.15) is 0 Å². The second-order valence-corrected chi connectivity index (χ2v) is 6.20. The number of aliphatic carboxylic acids is 1. The molecule has 0 aliphatic carbocycles. The number of nitro benzene ring substituents is 1. The molecule has 1 fully saturated rings. The Balaban J connectivity index is 2.18. The molecule has 1 heterocycles. The smallest absolute Gasteiger partial charge is 0.303 e. The zero-order valence-corrected chi connectivity index (χ0v) is 13.2. The minimum Gasteiger partial charge on any atom is -0.481 e. The summed E-state index contributed by atoms with van der Waals surface area (Å²) < 4.78 is 13.9. The van der Waals surface area contributed by atoms with Crippen LogP contribution >= 0.6 is 22.6 Å². The molecule has 1 aromatic carbocycles. The van der Waals surface area contributed by atoms with Crippen LogP contribution in [0.1, 0.15) is 19.3 Å². The lowest BCUT2D eigenvalue weighted by atomic mass is 9.93. The average molecular weight is 408 g/mol. The number of carbonyl (C=O) groups is 1. The molecule has 0 amide bonds. The number of nitro groups is 1. The standard InChI is InChI=1S/C13H14FIN2O4/c14-9-6-11(12(17(20)21)7-10(9)15)16-3-1-8(2-4-16)5-13(18)19/h6-8H,1-5H2,(H,18,19). The maximum atomic E-state index is 13.7. The van der Waals surface area contributed by atoms with Gasteiger partial charge >= 0.3 is 5.97 Å². The summed E-state index contributed by atoms with van der Waals surface area (Å²) in [6, 6.07) is 2.42. The Hall–Kier alpha value is -1.45. The first kappa shape index (κ1) is 15.9. The van der Waals surface area contributed by atoms with E-state index >= 15 is 0 Å². The van der Waals surface area contributed by atoms with Gasteiger partial charge in [-0.25, -0.2) is 4.39 Å². The quantitative estimate of drug-likeness (QED) is 0.471. The number of carboxylic acids is 1. The number of carboxylic acid groups (broad SMARTS) is 1. The van der Waals surface area contributed by atoms with Gasteiger partial charge in [-0.3, -0.25) is 14.9 Å². The molecular weight excluding hydrogens is 394 g/mol. The molecule has 1 saturated heterocycles. The van der Waals surface area contributed by atoms with E-state index in [2.05, 4.69) is 0 Å². The van der Waals surface area contributed by atoms with E-state index in [9.17, 15) is 19.3 Å². The highest BCUT2D eigenvalue weighted by Gasteiger charge is 2.27. The second-order valence-electron chi connectivity index (χ2n) is 5.04. The first-order chi connectivity index (χ1) is 9.88. The fourth-order valence-corrected chi connectivity index (χ4v) is 3.00. The van der Waals surface area contributed by atoms with Crippen molar-refractivity contribution >= 4 is 39.9 Å². The van der Waals surface area contributed by atoms with E-state index in [1.807, 2.05) is 0 Å². The fourth-order valence-electron chi connectivity index (χ4n) is 2.55. The molecule has 0 radical (unpaired) electrons. The summed E-state index contributed by atoms with van der Waals surface area (Å²) in [5.41, 5.74) is 0.157. The van der Waals surface area contributed by atoms with Gasteiger partial charge in [0.2, 0.25) is 0 Å². The number of halogens is 2. The lowest BCUT2D eigenvalue weighted by Gasteiger charge is -2.32. The van der Waals surface area contributed by atoms with Crippen LogP contribution in [0.2, 0.25) is 0 Å². The Labute approximate surface area is 134 Å². The molecule has 1 aliphatic rings. The highest BCUT2D eigenvalue weighted by molar-refractivity contribution is 14.1. The monoisotopic (exact) mass is 408 g/mol. The van der Waals surface area contributed by atoms with E-state index in [1.54, 1.807) is 27.5 Å². The first-order valence-corrected chi connectivity index (χ1v) is 7.56. The Morgan fingerprint density at radius 1 is 1.48 bits per heavy atom. The normalized spacial score (nSPS) is 16.0. The number of rotatable bonds is 4. The van der Waals surface area contributed by atoms with Crippen LogP contribution in [0.4, 0.5) is 15.8 Å². The van der Waals surface area contributed by atoms with E-state index in [1.165, 1.54) is 12.1 Å². The van der Waals surface area contributed by atoms with Crippen LogP contribution in [0.5, 0.6) is 0 Å². The third-order valence-electron chi connectivity index (χ3n) is 3.63. The van der Waals surface area contributed by atoms with Crippen molar-refractivity contribution in [1.82, 2.24) is 0 Å². The highest BCUT2D eigenvalue weighted by Crippen LogP contribution is 2.34. The molecule has 2 rings (SSSR count). The van der Waals surface area contributed by atoms with Crippen LogP contribution in [-0.2, 0) is 4.79 Å². The van der Waals surface area contributed by atoms with Crippen molar-refractivity contribution in [1.29, 1.82) is 0 Å². The van der Waals surface area contributed by atoms with Crippen molar-refractivity contribution in [3.8, 4) is 0 Å². The maximum Gasteiger partial charge on any atom is 0.303 e. The predicted octanol–water partition coefficient (Wildman–Crippen LogP) is 3.03. The van der Waals surface area contributed by atoms with Gasteiger partial charge in [0, 0.05) is 31.6 Å². The molecule has 0 unspecified atom stereocenters. The molecule has 0 spiro atoms. The number of hydrogen-bond donors (Lipinski definition) is 1. The van der Waals surface area contributed by atoms with Crippen LogP contribution in [0.3, 0.4) is 0 Å². The SMILES string of the molecule is O=C(O)CC1CCN(c2cc(F)c(I)cc2[N+](=O)[O-])CC1. The van der Waals surface area contributed by atoms with E-state index in [-0.39, 0.29) is 27.3 Å². The van der Waals surface area contributed by atoms with Gasteiger partial charge in [0.1, 0.15) is 11.5 Å². The summed E-state index contributed by atoms with van der Waals surface area (Å²) in [6.07, 6.45) is 1.38. The molecule has 1 aromatic rings. The van der Waals surface area contributed by atoms with Crippen LogP contribution in [0.25, 0.3) is 0 Å². The first-order valence-electron chi connectivity index (χ1n) is 6.48. The van der Waals surface area contributed by atoms with Crippen molar-refractivity contribution in [2.45, 2.75) is 19.3 Å². The molecule has 6 nitrogen and oxygen atoms in total. The third kappa shape index (κ3) is 3.80. The van der Waals surface area contributed by atoms with Crippen LogP contribution in [0, 0.1) is 25.4 Å². The summed E-state index contributed by atoms with van der Waals surface area (Å²) in [6.45, 7) is 0.998. The maximum absolute atomic E-state index is 13.7. The molecule has 0 atom stereocenters. The van der Waals surface area contributed by atoms with Gasteiger partial charge in [-0.15, -0.1) is 0 Å². The van der Waals surface area contributed by atoms with Crippen molar-refractivity contribution in [2.24, 2.45) is 5.92 Å². The molecule has 0 aromatic heterocycles. The van der Waals surface area contributed by atoms with Gasteiger partial charge in [0.25, 0.3) is 5.69 Å². The lowest BCUT2D eigenvalue weighted by molar-refractivity contribution is -0.384. The second kappa shape index (κ2) is 6.54. The minimum absolute atomic E-state index is 0.0755. The van der Waals surface area contributed by atoms with Crippen molar-refractivity contribution in [2.75, 3.05) is 18.0 Å². The topological polar surface area (TPSA) is 83.7 Å². The predicted molar refractivity (Wildman–Crippen MR) is 83.0 cm³/mol. The largest absolute Gasteiger partial charge is 0.481 e. The summed E-state index contributed by atoms with van der Waals surface area (Å²) in [4.78, 5) is 23.1. The zero-order chi connectivity index (χ0) is 15.6. The summed E-state index contributed by atoms with van der Waals surface area (Å²) in [7, 11) is 0. The Morgan fingerprint density at radius 2 is 2.10 bits per heavy atom. The Morgan fingerprint density at radius 3 is 2.62 bits per heavy atom. The van der Waals surface area contributed by atoms with Gasteiger partial charge in [-0.1, -0.05) is 0 Å². The molecule has 1 aliphatic heterocycles. The molecular formula is C13H14FIN2O4. The van der Waals surface area contributed by atoms with E-state index in [4.69, 9.17) is 5.11 Å².